The maximum absolute atomic E-state index is 13.3. The van der Waals surface area contributed by atoms with E-state index in [1.807, 2.05) is 13.8 Å². The highest BCUT2D eigenvalue weighted by atomic mass is 35.5. The van der Waals surface area contributed by atoms with Gasteiger partial charge >= 0.3 is 0 Å². The summed E-state index contributed by atoms with van der Waals surface area (Å²) in [6.45, 7) is 4.11. The first-order valence-corrected chi connectivity index (χ1v) is 6.86. The molecule has 0 aliphatic carbocycles. The van der Waals surface area contributed by atoms with Crippen LogP contribution in [0.25, 0.3) is 0 Å². The molecule has 21 heavy (non-hydrogen) atoms. The van der Waals surface area contributed by atoms with Crippen molar-refractivity contribution in [1.82, 2.24) is 5.32 Å². The lowest BCUT2D eigenvalue weighted by molar-refractivity contribution is -0.133. The smallest absolute Gasteiger partial charge is 0.249 e. The van der Waals surface area contributed by atoms with Gasteiger partial charge in [-0.2, -0.15) is 0 Å². The second-order valence-electron chi connectivity index (χ2n) is 5.68. The van der Waals surface area contributed by atoms with Gasteiger partial charge in [0, 0.05) is 6.54 Å². The Hall–Kier alpha value is -1.17. The van der Waals surface area contributed by atoms with E-state index in [0.29, 0.717) is 13.0 Å². The summed E-state index contributed by atoms with van der Waals surface area (Å²) in [5.74, 6) is -0.486. The Morgan fingerprint density at radius 2 is 2.19 bits per heavy atom. The average molecular weight is 317 g/mol. The average Bonchev–Trinajstić information content (AvgIpc) is 2.87. The summed E-state index contributed by atoms with van der Waals surface area (Å²) in [5, 5.41) is 2.91. The molecule has 3 N–H and O–H groups in total. The number of rotatable bonds is 4. The summed E-state index contributed by atoms with van der Waals surface area (Å²) in [6.07, 6.45) is 0.974. The Bertz CT molecular complexity index is 496. The third-order valence-electron chi connectivity index (χ3n) is 3.64. The van der Waals surface area contributed by atoms with Crippen LogP contribution in [0.2, 0.25) is 0 Å². The topological polar surface area (TPSA) is 64.4 Å². The first kappa shape index (κ1) is 17.9. The van der Waals surface area contributed by atoms with Crippen LogP contribution in [-0.4, -0.2) is 24.7 Å². The van der Waals surface area contributed by atoms with Gasteiger partial charge in [0.25, 0.3) is 0 Å². The number of halogens is 2. The van der Waals surface area contributed by atoms with Crippen molar-refractivity contribution in [2.24, 2.45) is 5.73 Å². The molecule has 118 valence electrons. The molecule has 2 atom stereocenters. The van der Waals surface area contributed by atoms with E-state index < -0.39 is 11.6 Å². The highest BCUT2D eigenvalue weighted by molar-refractivity contribution is 5.85. The summed E-state index contributed by atoms with van der Waals surface area (Å²) in [5.41, 5.74) is 5.60. The van der Waals surface area contributed by atoms with Gasteiger partial charge in [0.2, 0.25) is 5.91 Å². The number of amides is 1. The Kier molecular flexibility index (Phi) is 6.13. The minimum Gasteiger partial charge on any atom is -0.364 e. The quantitative estimate of drug-likeness (QED) is 0.894. The molecule has 0 aromatic heterocycles. The van der Waals surface area contributed by atoms with Crippen LogP contribution in [0.5, 0.6) is 0 Å². The number of nitrogens with two attached hydrogens (primary N) is 1. The molecular weight excluding hydrogens is 295 g/mol. The highest BCUT2D eigenvalue weighted by Crippen LogP contribution is 2.24. The molecule has 1 aromatic carbocycles. The molecule has 1 aliphatic heterocycles. The SMILES string of the molecule is CC(C)(NC(=O)[C@@H]1CC[C@H](CN)O1)c1cccc(F)c1.Cl. The normalized spacial score (nSPS) is 21.7. The Morgan fingerprint density at radius 3 is 2.76 bits per heavy atom. The third kappa shape index (κ3) is 4.40. The van der Waals surface area contributed by atoms with E-state index in [1.54, 1.807) is 12.1 Å². The van der Waals surface area contributed by atoms with Crippen LogP contribution < -0.4 is 11.1 Å². The number of benzene rings is 1. The van der Waals surface area contributed by atoms with Crippen molar-refractivity contribution >= 4 is 18.3 Å². The zero-order chi connectivity index (χ0) is 14.8. The van der Waals surface area contributed by atoms with Crippen molar-refractivity contribution < 1.29 is 13.9 Å². The fourth-order valence-corrected chi connectivity index (χ4v) is 2.41. The van der Waals surface area contributed by atoms with Gasteiger partial charge in [-0.05, 0) is 44.4 Å². The second-order valence-corrected chi connectivity index (χ2v) is 5.68. The van der Waals surface area contributed by atoms with Crippen molar-refractivity contribution in [3.8, 4) is 0 Å². The molecule has 6 heteroatoms. The minimum absolute atomic E-state index is 0. The molecule has 1 aromatic rings. The number of ether oxygens (including phenoxy) is 1. The van der Waals surface area contributed by atoms with Gasteiger partial charge < -0.3 is 15.8 Å². The van der Waals surface area contributed by atoms with Crippen molar-refractivity contribution in [3.05, 3.63) is 35.6 Å². The van der Waals surface area contributed by atoms with E-state index in [0.717, 1.165) is 12.0 Å². The van der Waals surface area contributed by atoms with Gasteiger partial charge in [-0.25, -0.2) is 4.39 Å². The predicted molar refractivity (Wildman–Crippen MR) is 81.8 cm³/mol. The van der Waals surface area contributed by atoms with Crippen LogP contribution in [0, 0.1) is 5.82 Å². The standard InChI is InChI=1S/C15H21FN2O2.ClH/c1-15(2,10-4-3-5-11(16)8-10)18-14(19)13-7-6-12(9-17)20-13;/h3-5,8,12-13H,6-7,9,17H2,1-2H3,(H,18,19);1H/t12-,13+;/m1./s1. The lowest BCUT2D eigenvalue weighted by Gasteiger charge is -2.28. The Balaban J connectivity index is 0.00000220. The van der Waals surface area contributed by atoms with E-state index in [4.69, 9.17) is 10.5 Å². The first-order valence-electron chi connectivity index (χ1n) is 6.86. The summed E-state index contributed by atoms with van der Waals surface area (Å²) in [7, 11) is 0. The fraction of sp³-hybridized carbons (Fsp3) is 0.533. The minimum atomic E-state index is -0.649. The number of hydrogen-bond donors (Lipinski definition) is 2. The Labute approximate surface area is 130 Å². The van der Waals surface area contributed by atoms with Gasteiger partial charge in [0.1, 0.15) is 11.9 Å². The molecule has 2 rings (SSSR count). The summed E-state index contributed by atoms with van der Waals surface area (Å²) in [6, 6.07) is 6.24. The van der Waals surface area contributed by atoms with Crippen LogP contribution in [0.15, 0.2) is 24.3 Å². The summed E-state index contributed by atoms with van der Waals surface area (Å²) in [4.78, 5) is 12.2. The molecule has 1 heterocycles. The van der Waals surface area contributed by atoms with Crippen molar-refractivity contribution in [2.75, 3.05) is 6.54 Å². The van der Waals surface area contributed by atoms with Gasteiger partial charge in [-0.1, -0.05) is 12.1 Å². The molecule has 0 spiro atoms. The zero-order valence-corrected chi connectivity index (χ0v) is 13.1. The van der Waals surface area contributed by atoms with Crippen molar-refractivity contribution in [2.45, 2.75) is 44.4 Å². The van der Waals surface area contributed by atoms with E-state index >= 15 is 0 Å². The Morgan fingerprint density at radius 1 is 1.48 bits per heavy atom. The molecule has 1 aliphatic rings. The lowest BCUT2D eigenvalue weighted by atomic mass is 9.94. The van der Waals surface area contributed by atoms with Gasteiger partial charge in [-0.15, -0.1) is 12.4 Å². The largest absolute Gasteiger partial charge is 0.364 e. The molecule has 1 saturated heterocycles. The molecule has 1 amide bonds. The number of carbonyl (C=O) groups excluding carboxylic acids is 1. The highest BCUT2D eigenvalue weighted by Gasteiger charge is 2.33. The summed E-state index contributed by atoms with van der Waals surface area (Å²) < 4.78 is 18.8. The number of hydrogen-bond acceptors (Lipinski definition) is 3. The third-order valence-corrected chi connectivity index (χ3v) is 3.64. The van der Waals surface area contributed by atoms with Crippen LogP contribution in [0.3, 0.4) is 0 Å². The van der Waals surface area contributed by atoms with Crippen LogP contribution in [-0.2, 0) is 15.1 Å². The monoisotopic (exact) mass is 316 g/mol. The van der Waals surface area contributed by atoms with E-state index in [9.17, 15) is 9.18 Å². The zero-order valence-electron chi connectivity index (χ0n) is 12.3. The molecule has 0 bridgehead atoms. The van der Waals surface area contributed by atoms with Gasteiger partial charge in [0.05, 0.1) is 11.6 Å². The van der Waals surface area contributed by atoms with Crippen LogP contribution in [0.1, 0.15) is 32.3 Å². The van der Waals surface area contributed by atoms with Crippen LogP contribution in [0.4, 0.5) is 4.39 Å². The molecule has 1 fully saturated rings. The van der Waals surface area contributed by atoms with Crippen LogP contribution >= 0.6 is 12.4 Å². The van der Waals surface area contributed by atoms with Crippen molar-refractivity contribution in [1.29, 1.82) is 0 Å². The summed E-state index contributed by atoms with van der Waals surface area (Å²) >= 11 is 0. The van der Waals surface area contributed by atoms with E-state index in [1.165, 1.54) is 12.1 Å². The number of nitrogens with one attached hydrogen (secondary N) is 1. The van der Waals surface area contributed by atoms with E-state index in [-0.39, 0.29) is 30.2 Å². The van der Waals surface area contributed by atoms with Gasteiger partial charge in [-0.3, -0.25) is 4.79 Å². The lowest BCUT2D eigenvalue weighted by Crippen LogP contribution is -2.46. The molecule has 0 saturated carbocycles. The van der Waals surface area contributed by atoms with Gasteiger partial charge in [0.15, 0.2) is 0 Å². The molecule has 0 radical (unpaired) electrons. The maximum atomic E-state index is 13.3. The van der Waals surface area contributed by atoms with Crippen molar-refractivity contribution in [3.63, 3.8) is 0 Å². The fourth-order valence-electron chi connectivity index (χ4n) is 2.41. The maximum Gasteiger partial charge on any atom is 0.249 e. The molecule has 0 unspecified atom stereocenters. The molecular formula is C15H22ClFN2O2. The predicted octanol–water partition coefficient (Wildman–Crippen LogP) is 2.11. The molecule has 4 nitrogen and oxygen atoms in total. The number of carbonyl (C=O) groups is 1. The van der Waals surface area contributed by atoms with E-state index in [2.05, 4.69) is 5.32 Å². The first-order chi connectivity index (χ1) is 9.42. The second kappa shape index (κ2) is 7.20.